The number of carbonyl (C=O) groups excluding carboxylic acids is 1. The number of aromatic nitrogens is 2. The fraction of sp³-hybridized carbons (Fsp3) is 0.400. The molecule has 0 unspecified atom stereocenters. The number of aliphatic hydroxyl groups excluding tert-OH is 1. The number of hydrogen-bond donors (Lipinski definition) is 1. The molecular formula is C55H66N2O2. The molecule has 0 saturated carbocycles. The van der Waals surface area contributed by atoms with E-state index in [-0.39, 0.29) is 11.5 Å². The van der Waals surface area contributed by atoms with Crippen LogP contribution in [0.25, 0.3) is 44.3 Å². The average molecular weight is 787 g/mol. The molecule has 0 atom stereocenters. The molecule has 0 aliphatic carbocycles. The molecule has 2 aromatic heterocycles. The van der Waals surface area contributed by atoms with E-state index in [0.717, 1.165) is 67.4 Å². The second-order valence-electron chi connectivity index (χ2n) is 17.2. The van der Waals surface area contributed by atoms with E-state index in [1.807, 2.05) is 0 Å². The van der Waals surface area contributed by atoms with Crippen molar-refractivity contribution in [2.75, 3.05) is 0 Å². The first kappa shape index (κ1) is 43.5. The summed E-state index contributed by atoms with van der Waals surface area (Å²) >= 11 is 0. The summed E-state index contributed by atoms with van der Waals surface area (Å²) in [5, 5.41) is 12.9. The van der Waals surface area contributed by atoms with Gasteiger partial charge in [0.2, 0.25) is 0 Å². The highest BCUT2D eigenvalue weighted by atomic mass is 16.3. The van der Waals surface area contributed by atoms with Crippen LogP contribution in [0.4, 0.5) is 0 Å². The molecule has 0 radical (unpaired) electrons. The van der Waals surface area contributed by atoms with Gasteiger partial charge < -0.3 is 5.11 Å². The third-order valence-electron chi connectivity index (χ3n) is 11.7. The zero-order chi connectivity index (χ0) is 41.4. The molecule has 0 saturated heterocycles. The lowest BCUT2D eigenvalue weighted by atomic mass is 9.97. The highest BCUT2D eigenvalue weighted by molar-refractivity contribution is 5.90. The van der Waals surface area contributed by atoms with Gasteiger partial charge in [-0.1, -0.05) is 135 Å². The Bertz CT molecular complexity index is 2300. The first-order valence-corrected chi connectivity index (χ1v) is 22.6. The van der Waals surface area contributed by atoms with Crippen LogP contribution in [0, 0.1) is 27.7 Å². The quantitative estimate of drug-likeness (QED) is 0.0399. The van der Waals surface area contributed by atoms with Crippen LogP contribution in [0.1, 0.15) is 136 Å². The Morgan fingerprint density at radius 2 is 0.847 bits per heavy atom. The molecule has 59 heavy (non-hydrogen) atoms. The summed E-state index contributed by atoms with van der Waals surface area (Å²) in [6, 6.07) is 35.1. The van der Waals surface area contributed by atoms with Gasteiger partial charge in [0, 0.05) is 40.8 Å². The Morgan fingerprint density at radius 3 is 1.29 bits per heavy atom. The first-order valence-electron chi connectivity index (χ1n) is 22.6. The molecule has 0 aliphatic rings. The topological polar surface area (TPSA) is 63.1 Å². The number of carbonyl (C=O) groups is 1. The molecule has 2 heterocycles. The van der Waals surface area contributed by atoms with Crippen LogP contribution in [-0.4, -0.2) is 20.9 Å². The van der Waals surface area contributed by atoms with Crippen LogP contribution in [0.2, 0.25) is 0 Å². The van der Waals surface area contributed by atoms with Crippen LogP contribution < -0.4 is 0 Å². The molecule has 0 aliphatic heterocycles. The number of aryl methyl sites for hydroxylation is 6. The molecule has 4 aromatic carbocycles. The lowest BCUT2D eigenvalue weighted by molar-refractivity contribution is -0.114. The predicted molar refractivity (Wildman–Crippen MR) is 250 cm³/mol. The van der Waals surface area contributed by atoms with Crippen LogP contribution in [0.15, 0.2) is 109 Å². The average Bonchev–Trinajstić information content (AvgIpc) is 3.21. The summed E-state index contributed by atoms with van der Waals surface area (Å²) < 4.78 is 0. The number of para-hydroxylation sites is 2. The molecule has 4 nitrogen and oxygen atoms in total. The third-order valence-corrected chi connectivity index (χ3v) is 11.7. The van der Waals surface area contributed by atoms with E-state index in [4.69, 9.17) is 9.97 Å². The maximum atomic E-state index is 12.5. The number of unbranched alkanes of at least 4 members (excludes halogenated alkanes) is 12. The summed E-state index contributed by atoms with van der Waals surface area (Å²) in [7, 11) is 0. The predicted octanol–water partition coefficient (Wildman–Crippen LogP) is 15.4. The summed E-state index contributed by atoms with van der Waals surface area (Å²) in [6.45, 7) is 8.61. The minimum atomic E-state index is 0.0652. The van der Waals surface area contributed by atoms with Crippen molar-refractivity contribution >= 4 is 27.6 Å². The number of ketones is 1. The van der Waals surface area contributed by atoms with Gasteiger partial charge in [0.1, 0.15) is 0 Å². The molecule has 1 N–H and O–H groups in total. The van der Waals surface area contributed by atoms with Crippen molar-refractivity contribution < 1.29 is 9.90 Å². The van der Waals surface area contributed by atoms with Gasteiger partial charge in [0.15, 0.2) is 5.78 Å². The molecule has 0 spiro atoms. The molecule has 0 fully saturated rings. The Morgan fingerprint density at radius 1 is 0.475 bits per heavy atom. The number of aliphatic hydroxyl groups is 1. The summed E-state index contributed by atoms with van der Waals surface area (Å²) in [4.78, 5) is 22.5. The van der Waals surface area contributed by atoms with Crippen molar-refractivity contribution in [3.05, 3.63) is 142 Å². The van der Waals surface area contributed by atoms with Crippen LogP contribution >= 0.6 is 0 Å². The molecule has 4 heteroatoms. The lowest BCUT2D eigenvalue weighted by Gasteiger charge is -2.11. The number of benzene rings is 4. The Balaban J connectivity index is 0.799. The Kier molecular flexibility index (Phi) is 16.5. The highest BCUT2D eigenvalue weighted by Gasteiger charge is 2.11. The van der Waals surface area contributed by atoms with E-state index >= 15 is 0 Å². The van der Waals surface area contributed by atoms with Crippen LogP contribution in [0.5, 0.6) is 0 Å². The minimum Gasteiger partial charge on any atom is -0.512 e. The minimum absolute atomic E-state index is 0.0652. The van der Waals surface area contributed by atoms with E-state index in [9.17, 15) is 9.90 Å². The van der Waals surface area contributed by atoms with Crippen molar-refractivity contribution in [3.63, 3.8) is 0 Å². The second-order valence-corrected chi connectivity index (χ2v) is 17.2. The fourth-order valence-corrected chi connectivity index (χ4v) is 8.78. The largest absolute Gasteiger partial charge is 0.512 e. The van der Waals surface area contributed by atoms with Crippen molar-refractivity contribution in [3.8, 4) is 22.5 Å². The van der Waals surface area contributed by atoms with E-state index in [2.05, 4.69) is 125 Å². The van der Waals surface area contributed by atoms with Gasteiger partial charge in [-0.25, -0.2) is 9.97 Å². The van der Waals surface area contributed by atoms with Gasteiger partial charge >= 0.3 is 0 Å². The Hall–Kier alpha value is -5.09. The summed E-state index contributed by atoms with van der Waals surface area (Å²) in [5.74, 6) is 0.318. The molecule has 0 bridgehead atoms. The third kappa shape index (κ3) is 13.5. The van der Waals surface area contributed by atoms with Gasteiger partial charge in [0.25, 0.3) is 0 Å². The monoisotopic (exact) mass is 787 g/mol. The van der Waals surface area contributed by atoms with Gasteiger partial charge in [-0.05, 0) is 126 Å². The maximum absolute atomic E-state index is 12.5. The van der Waals surface area contributed by atoms with Gasteiger partial charge in [-0.3, -0.25) is 4.79 Å². The van der Waals surface area contributed by atoms with E-state index in [1.54, 1.807) is 0 Å². The standard InChI is InChI=1S/C55H66N2O2/c1-40-31-41(2)34-46(33-40)54-37-44(50-27-19-21-29-52(50)56-54)23-15-11-7-5-9-13-17-25-48(58)39-49(59)26-18-14-10-6-8-12-16-24-45-38-55(47-35-42(3)32-43(4)36-47)57-53-30-22-20-28-51(45)53/h19-22,27-39,58H,5-18,23-26H2,1-4H3. The summed E-state index contributed by atoms with van der Waals surface area (Å²) in [6.07, 6.45) is 20.7. The highest BCUT2D eigenvalue weighted by Crippen LogP contribution is 2.29. The molecular weight excluding hydrogens is 721 g/mol. The summed E-state index contributed by atoms with van der Waals surface area (Å²) in [5.41, 5.74) is 14.5. The van der Waals surface area contributed by atoms with Crippen molar-refractivity contribution in [2.24, 2.45) is 0 Å². The number of pyridine rings is 2. The number of hydrogen-bond acceptors (Lipinski definition) is 4. The number of fused-ring (bicyclic) bond motifs is 2. The number of rotatable bonds is 23. The zero-order valence-corrected chi connectivity index (χ0v) is 36.3. The SMILES string of the molecule is Cc1cc(C)cc(-c2cc(CCCCCCCCCC(=O)C=C(O)CCCCCCCCCc3cc(-c4cc(C)cc(C)c4)nc4ccccc34)c3ccccc3n2)c1. The number of allylic oxidation sites excluding steroid dienone is 2. The van der Waals surface area contributed by atoms with Crippen molar-refractivity contribution in [1.82, 2.24) is 9.97 Å². The second kappa shape index (κ2) is 22.3. The van der Waals surface area contributed by atoms with Gasteiger partial charge in [-0.15, -0.1) is 0 Å². The van der Waals surface area contributed by atoms with Crippen LogP contribution in [0.3, 0.4) is 0 Å². The van der Waals surface area contributed by atoms with E-state index < -0.39 is 0 Å². The smallest absolute Gasteiger partial charge is 0.159 e. The van der Waals surface area contributed by atoms with Gasteiger partial charge in [-0.2, -0.15) is 0 Å². The lowest BCUT2D eigenvalue weighted by Crippen LogP contribution is -1.96. The zero-order valence-electron chi connectivity index (χ0n) is 36.3. The van der Waals surface area contributed by atoms with Crippen LogP contribution in [-0.2, 0) is 17.6 Å². The first-order chi connectivity index (χ1) is 28.7. The molecule has 0 amide bonds. The Labute approximate surface area is 354 Å². The van der Waals surface area contributed by atoms with Gasteiger partial charge in [0.05, 0.1) is 28.2 Å². The number of nitrogens with zero attached hydrogens (tertiary/aromatic N) is 2. The van der Waals surface area contributed by atoms with Crippen molar-refractivity contribution in [2.45, 2.75) is 143 Å². The maximum Gasteiger partial charge on any atom is 0.159 e. The van der Waals surface area contributed by atoms with E-state index in [1.165, 1.54) is 119 Å². The molecule has 6 aromatic rings. The fourth-order valence-electron chi connectivity index (χ4n) is 8.78. The van der Waals surface area contributed by atoms with Crippen molar-refractivity contribution in [1.29, 1.82) is 0 Å². The normalized spacial score (nSPS) is 11.8. The molecule has 6 rings (SSSR count). The van der Waals surface area contributed by atoms with E-state index in [0.29, 0.717) is 12.8 Å². The molecule has 308 valence electrons.